The molecule has 0 fully saturated rings. The number of benzene rings is 1. The van der Waals surface area contributed by atoms with Crippen molar-refractivity contribution in [3.05, 3.63) is 56.2 Å². The molecular formula is C13H14BrNS. The monoisotopic (exact) mass is 295 g/mol. The predicted octanol–water partition coefficient (Wildman–Crippen LogP) is 4.04. The minimum atomic E-state index is -0.422. The lowest BCUT2D eigenvalue weighted by molar-refractivity contribution is 0.605. The van der Waals surface area contributed by atoms with Gasteiger partial charge in [-0.1, -0.05) is 28.1 Å². The molecule has 1 aromatic heterocycles. The molecule has 1 heterocycles. The number of nitrogens with two attached hydrogens (primary N) is 1. The van der Waals surface area contributed by atoms with Crippen LogP contribution in [0, 0.1) is 6.92 Å². The largest absolute Gasteiger partial charge is 0.318 e. The number of aryl methyl sites for hydroxylation is 1. The fourth-order valence-corrected chi connectivity index (χ4v) is 2.91. The quantitative estimate of drug-likeness (QED) is 0.889. The molecule has 1 unspecified atom stereocenters. The van der Waals surface area contributed by atoms with Gasteiger partial charge in [-0.3, -0.25) is 0 Å². The van der Waals surface area contributed by atoms with Crippen molar-refractivity contribution in [2.24, 2.45) is 5.73 Å². The summed E-state index contributed by atoms with van der Waals surface area (Å²) < 4.78 is 1.06. The lowest BCUT2D eigenvalue weighted by atomic mass is 9.87. The van der Waals surface area contributed by atoms with E-state index in [1.54, 1.807) is 11.3 Å². The third-order valence-corrected chi connectivity index (χ3v) is 4.11. The predicted molar refractivity (Wildman–Crippen MR) is 73.8 cm³/mol. The Bertz CT molecular complexity index is 502. The number of hydrogen-bond acceptors (Lipinski definition) is 2. The zero-order chi connectivity index (χ0) is 11.8. The fourth-order valence-electron chi connectivity index (χ4n) is 1.69. The number of thiophene rings is 1. The molecule has 2 aromatic rings. The van der Waals surface area contributed by atoms with Gasteiger partial charge in [0.1, 0.15) is 0 Å². The summed E-state index contributed by atoms with van der Waals surface area (Å²) >= 11 is 5.22. The van der Waals surface area contributed by atoms with Gasteiger partial charge in [-0.25, -0.2) is 0 Å². The first-order valence-electron chi connectivity index (χ1n) is 5.10. The van der Waals surface area contributed by atoms with Gasteiger partial charge in [-0.15, -0.1) is 11.3 Å². The summed E-state index contributed by atoms with van der Waals surface area (Å²) in [6.45, 7) is 4.15. The molecule has 0 saturated heterocycles. The van der Waals surface area contributed by atoms with Crippen molar-refractivity contribution in [2.75, 3.05) is 0 Å². The molecule has 1 nitrogen and oxygen atoms in total. The van der Waals surface area contributed by atoms with Crippen LogP contribution < -0.4 is 5.73 Å². The van der Waals surface area contributed by atoms with Crippen molar-refractivity contribution >= 4 is 27.3 Å². The average molecular weight is 296 g/mol. The highest BCUT2D eigenvalue weighted by atomic mass is 79.9. The van der Waals surface area contributed by atoms with E-state index in [1.807, 2.05) is 12.1 Å². The second-order valence-electron chi connectivity index (χ2n) is 4.16. The topological polar surface area (TPSA) is 26.0 Å². The van der Waals surface area contributed by atoms with E-state index in [2.05, 4.69) is 53.4 Å². The molecule has 0 aliphatic heterocycles. The van der Waals surface area contributed by atoms with E-state index < -0.39 is 5.54 Å². The number of hydrogen-bond donors (Lipinski definition) is 1. The molecule has 84 valence electrons. The van der Waals surface area contributed by atoms with Crippen LogP contribution in [0.5, 0.6) is 0 Å². The van der Waals surface area contributed by atoms with Crippen molar-refractivity contribution in [3.63, 3.8) is 0 Å². The summed E-state index contributed by atoms with van der Waals surface area (Å²) in [5.74, 6) is 0. The van der Waals surface area contributed by atoms with Crippen LogP contribution in [-0.2, 0) is 5.54 Å². The molecule has 2 rings (SSSR count). The van der Waals surface area contributed by atoms with Gasteiger partial charge < -0.3 is 5.73 Å². The Morgan fingerprint density at radius 3 is 2.56 bits per heavy atom. The molecule has 1 aromatic carbocycles. The zero-order valence-electron chi connectivity index (χ0n) is 9.33. The molecule has 0 spiro atoms. The summed E-state index contributed by atoms with van der Waals surface area (Å²) in [4.78, 5) is 1.29. The summed E-state index contributed by atoms with van der Waals surface area (Å²) in [7, 11) is 0. The Labute approximate surface area is 108 Å². The van der Waals surface area contributed by atoms with Crippen LogP contribution >= 0.6 is 27.3 Å². The average Bonchev–Trinajstić information content (AvgIpc) is 2.65. The highest BCUT2D eigenvalue weighted by Gasteiger charge is 2.24. The standard InChI is InChI=1S/C13H14BrNS/c1-9-6-11(8-16-9)13(2,15)10-4-3-5-12(14)7-10/h3-8H,15H2,1-2H3. The Balaban J connectivity index is 2.46. The van der Waals surface area contributed by atoms with Gasteiger partial charge >= 0.3 is 0 Å². The lowest BCUT2D eigenvalue weighted by Crippen LogP contribution is -2.33. The Hall–Kier alpha value is -0.640. The smallest absolute Gasteiger partial charge is 0.0645 e. The van der Waals surface area contributed by atoms with Gasteiger partial charge in [-0.05, 0) is 48.6 Å². The second-order valence-corrected chi connectivity index (χ2v) is 6.19. The number of rotatable bonds is 2. The maximum atomic E-state index is 6.43. The van der Waals surface area contributed by atoms with Gasteiger partial charge in [0.2, 0.25) is 0 Å². The van der Waals surface area contributed by atoms with Crippen LogP contribution in [0.4, 0.5) is 0 Å². The molecule has 3 heteroatoms. The summed E-state index contributed by atoms with van der Waals surface area (Å²) in [5, 5.41) is 2.14. The molecule has 0 radical (unpaired) electrons. The van der Waals surface area contributed by atoms with E-state index in [1.165, 1.54) is 10.4 Å². The molecular weight excluding hydrogens is 282 g/mol. The molecule has 1 atom stereocenters. The van der Waals surface area contributed by atoms with E-state index in [4.69, 9.17) is 5.73 Å². The third-order valence-electron chi connectivity index (χ3n) is 2.75. The van der Waals surface area contributed by atoms with Crippen molar-refractivity contribution in [3.8, 4) is 0 Å². The van der Waals surface area contributed by atoms with Crippen molar-refractivity contribution < 1.29 is 0 Å². The van der Waals surface area contributed by atoms with Crippen molar-refractivity contribution in [1.29, 1.82) is 0 Å². The molecule has 0 amide bonds. The molecule has 0 aliphatic carbocycles. The van der Waals surface area contributed by atoms with Crippen molar-refractivity contribution in [2.45, 2.75) is 19.4 Å². The van der Waals surface area contributed by atoms with E-state index >= 15 is 0 Å². The maximum absolute atomic E-state index is 6.43. The molecule has 0 bridgehead atoms. The normalized spacial score (nSPS) is 14.8. The first kappa shape index (κ1) is 11.8. The Morgan fingerprint density at radius 1 is 1.25 bits per heavy atom. The van der Waals surface area contributed by atoms with E-state index in [-0.39, 0.29) is 0 Å². The van der Waals surface area contributed by atoms with Crippen LogP contribution in [0.15, 0.2) is 40.2 Å². The first-order chi connectivity index (χ1) is 7.50. The second kappa shape index (κ2) is 4.32. The molecule has 16 heavy (non-hydrogen) atoms. The van der Waals surface area contributed by atoms with E-state index in [0.29, 0.717) is 0 Å². The van der Waals surface area contributed by atoms with E-state index in [9.17, 15) is 0 Å². The van der Waals surface area contributed by atoms with Gasteiger partial charge in [0.05, 0.1) is 5.54 Å². The summed E-state index contributed by atoms with van der Waals surface area (Å²) in [5.41, 5.74) is 8.30. The van der Waals surface area contributed by atoms with Crippen LogP contribution in [0.2, 0.25) is 0 Å². The number of halogens is 1. The van der Waals surface area contributed by atoms with Gasteiger partial charge in [0.15, 0.2) is 0 Å². The van der Waals surface area contributed by atoms with Gasteiger partial charge in [0, 0.05) is 9.35 Å². The summed E-state index contributed by atoms with van der Waals surface area (Å²) in [6.07, 6.45) is 0. The van der Waals surface area contributed by atoms with Crippen LogP contribution in [0.3, 0.4) is 0 Å². The molecule has 2 N–H and O–H groups in total. The zero-order valence-corrected chi connectivity index (χ0v) is 11.7. The van der Waals surface area contributed by atoms with Crippen LogP contribution in [-0.4, -0.2) is 0 Å². The minimum absolute atomic E-state index is 0.422. The third kappa shape index (κ3) is 2.21. The maximum Gasteiger partial charge on any atom is 0.0645 e. The van der Waals surface area contributed by atoms with Gasteiger partial charge in [0.25, 0.3) is 0 Å². The SMILES string of the molecule is Cc1cc(C(C)(N)c2cccc(Br)c2)cs1. The highest BCUT2D eigenvalue weighted by molar-refractivity contribution is 9.10. The van der Waals surface area contributed by atoms with Gasteiger partial charge in [-0.2, -0.15) is 0 Å². The van der Waals surface area contributed by atoms with Crippen molar-refractivity contribution in [1.82, 2.24) is 0 Å². The Morgan fingerprint density at radius 2 is 2.00 bits per heavy atom. The highest BCUT2D eigenvalue weighted by Crippen LogP contribution is 2.31. The summed E-state index contributed by atoms with van der Waals surface area (Å²) in [6, 6.07) is 10.3. The van der Waals surface area contributed by atoms with Crippen LogP contribution in [0.1, 0.15) is 22.9 Å². The van der Waals surface area contributed by atoms with E-state index in [0.717, 1.165) is 10.0 Å². The molecule has 0 saturated carbocycles. The van der Waals surface area contributed by atoms with Crippen LogP contribution in [0.25, 0.3) is 0 Å². The first-order valence-corrected chi connectivity index (χ1v) is 6.78. The lowest BCUT2D eigenvalue weighted by Gasteiger charge is -2.24. The Kier molecular flexibility index (Phi) is 3.19. The fraction of sp³-hybridized carbons (Fsp3) is 0.231. The molecule has 0 aliphatic rings. The minimum Gasteiger partial charge on any atom is -0.318 e.